The second-order valence-corrected chi connectivity index (χ2v) is 5.44. The second-order valence-electron chi connectivity index (χ2n) is 5.44. The highest BCUT2D eigenvalue weighted by molar-refractivity contribution is 5.35. The van der Waals surface area contributed by atoms with Gasteiger partial charge in [-0.2, -0.15) is 0 Å². The Morgan fingerprint density at radius 3 is 2.73 bits per heavy atom. The Morgan fingerprint density at radius 2 is 1.93 bits per heavy atom. The molecule has 1 heteroatoms. The van der Waals surface area contributed by atoms with Gasteiger partial charge in [-0.3, -0.25) is 4.90 Å². The first-order chi connectivity index (χ1) is 7.34. The summed E-state index contributed by atoms with van der Waals surface area (Å²) in [5.41, 5.74) is 3.33. The molecule has 1 saturated carbocycles. The minimum atomic E-state index is 0.926. The maximum atomic E-state index is 2.65. The molecule has 2 atom stereocenters. The summed E-state index contributed by atoms with van der Waals surface area (Å²) in [4.78, 5) is 2.65. The highest BCUT2D eigenvalue weighted by atomic mass is 15.1. The summed E-state index contributed by atoms with van der Waals surface area (Å²) in [5.74, 6) is 1.85. The maximum Gasteiger partial charge on any atom is 0.0199 e. The monoisotopic (exact) mass is 203 g/mol. The molecule has 15 heavy (non-hydrogen) atoms. The minimum Gasteiger partial charge on any atom is -0.299 e. The molecule has 0 aromatic rings. The van der Waals surface area contributed by atoms with Crippen molar-refractivity contribution in [1.29, 1.82) is 0 Å². The summed E-state index contributed by atoms with van der Waals surface area (Å²) in [6, 6.07) is 0. The summed E-state index contributed by atoms with van der Waals surface area (Å²) in [6.45, 7) is 6.21. The average molecular weight is 203 g/mol. The molecular weight excluding hydrogens is 182 g/mol. The molecule has 0 spiro atoms. The lowest BCUT2D eigenvalue weighted by Gasteiger charge is -2.28. The largest absolute Gasteiger partial charge is 0.299 e. The van der Waals surface area contributed by atoms with Crippen LogP contribution < -0.4 is 0 Å². The molecule has 1 heterocycles. The third-order valence-electron chi connectivity index (χ3n) is 4.27. The van der Waals surface area contributed by atoms with Crippen LogP contribution in [-0.4, -0.2) is 24.5 Å². The lowest BCUT2D eigenvalue weighted by molar-refractivity contribution is 0.243. The van der Waals surface area contributed by atoms with Crippen LogP contribution in [-0.2, 0) is 0 Å². The smallest absolute Gasteiger partial charge is 0.0199 e. The molecule has 0 aromatic heterocycles. The summed E-state index contributed by atoms with van der Waals surface area (Å²) in [5, 5.41) is 0. The van der Waals surface area contributed by atoms with Gasteiger partial charge >= 0.3 is 0 Å². The van der Waals surface area contributed by atoms with Crippen LogP contribution in [0.15, 0.2) is 23.3 Å². The van der Waals surface area contributed by atoms with Crippen molar-refractivity contribution in [3.63, 3.8) is 0 Å². The molecule has 2 unspecified atom stereocenters. The van der Waals surface area contributed by atoms with E-state index in [1.807, 2.05) is 0 Å². The molecule has 0 N–H and O–H groups in total. The number of rotatable bonds is 2. The number of allylic oxidation sites excluding steroid dienone is 3. The van der Waals surface area contributed by atoms with Gasteiger partial charge in [0, 0.05) is 6.54 Å². The van der Waals surface area contributed by atoms with Crippen LogP contribution >= 0.6 is 0 Å². The van der Waals surface area contributed by atoms with Gasteiger partial charge in [-0.15, -0.1) is 0 Å². The lowest BCUT2D eigenvalue weighted by atomic mass is 9.98. The van der Waals surface area contributed by atoms with Crippen LogP contribution in [0.5, 0.6) is 0 Å². The molecule has 0 radical (unpaired) electrons. The number of hydrogen-bond acceptors (Lipinski definition) is 1. The molecular formula is C14H21N. The minimum absolute atomic E-state index is 0.926. The average Bonchev–Trinajstić information content (AvgIpc) is 3.05. The zero-order valence-electron chi connectivity index (χ0n) is 9.71. The van der Waals surface area contributed by atoms with Crippen LogP contribution in [0.3, 0.4) is 0 Å². The molecule has 82 valence electrons. The molecule has 1 nitrogen and oxygen atoms in total. The fourth-order valence-corrected chi connectivity index (χ4v) is 3.14. The molecule has 0 amide bonds. The highest BCUT2D eigenvalue weighted by Crippen LogP contribution is 2.51. The first-order valence-corrected chi connectivity index (χ1v) is 6.44. The van der Waals surface area contributed by atoms with E-state index in [0.29, 0.717) is 0 Å². The molecule has 0 aromatic carbocycles. The van der Waals surface area contributed by atoms with Crippen molar-refractivity contribution in [1.82, 2.24) is 4.90 Å². The van der Waals surface area contributed by atoms with Gasteiger partial charge in [0.25, 0.3) is 0 Å². The predicted molar refractivity (Wildman–Crippen MR) is 63.7 cm³/mol. The number of piperidine rings is 1. The van der Waals surface area contributed by atoms with Gasteiger partial charge < -0.3 is 0 Å². The van der Waals surface area contributed by atoms with E-state index in [-0.39, 0.29) is 0 Å². The molecule has 0 bridgehead atoms. The Balaban J connectivity index is 1.63. The van der Waals surface area contributed by atoms with Gasteiger partial charge in [0.15, 0.2) is 0 Å². The van der Waals surface area contributed by atoms with E-state index < -0.39 is 0 Å². The molecule has 1 saturated heterocycles. The van der Waals surface area contributed by atoms with Crippen LogP contribution in [0.25, 0.3) is 0 Å². The number of likely N-dealkylation sites (tertiary alicyclic amines) is 1. The maximum absolute atomic E-state index is 2.65. The summed E-state index contributed by atoms with van der Waals surface area (Å²) < 4.78 is 0. The van der Waals surface area contributed by atoms with E-state index in [9.17, 15) is 0 Å². The number of nitrogens with zero attached hydrogens (tertiary/aromatic N) is 1. The first-order valence-electron chi connectivity index (χ1n) is 6.44. The van der Waals surface area contributed by atoms with Crippen molar-refractivity contribution in [2.45, 2.75) is 32.6 Å². The van der Waals surface area contributed by atoms with E-state index in [2.05, 4.69) is 24.0 Å². The summed E-state index contributed by atoms with van der Waals surface area (Å²) in [6.07, 6.45) is 10.5. The zero-order chi connectivity index (χ0) is 10.3. The quantitative estimate of drug-likeness (QED) is 0.667. The van der Waals surface area contributed by atoms with Gasteiger partial charge in [0.2, 0.25) is 0 Å². The molecule has 3 aliphatic rings. The topological polar surface area (TPSA) is 3.24 Å². The molecule has 1 aliphatic heterocycles. The van der Waals surface area contributed by atoms with Gasteiger partial charge in [-0.25, -0.2) is 0 Å². The molecule has 3 rings (SSSR count). The lowest BCUT2D eigenvalue weighted by Crippen LogP contribution is -2.32. The van der Waals surface area contributed by atoms with Crippen molar-refractivity contribution in [2.75, 3.05) is 19.6 Å². The van der Waals surface area contributed by atoms with Gasteiger partial charge in [0.1, 0.15) is 0 Å². The van der Waals surface area contributed by atoms with E-state index in [1.165, 1.54) is 45.3 Å². The van der Waals surface area contributed by atoms with Gasteiger partial charge in [-0.1, -0.05) is 29.7 Å². The van der Waals surface area contributed by atoms with E-state index >= 15 is 0 Å². The van der Waals surface area contributed by atoms with Crippen LogP contribution in [0.1, 0.15) is 32.6 Å². The Labute approximate surface area is 92.8 Å². The number of hydrogen-bond donors (Lipinski definition) is 0. The predicted octanol–water partition coefficient (Wildman–Crippen LogP) is 2.99. The Bertz CT molecular complexity index is 307. The zero-order valence-corrected chi connectivity index (χ0v) is 9.71. The molecule has 2 fully saturated rings. The Kier molecular flexibility index (Phi) is 2.44. The van der Waals surface area contributed by atoms with Crippen molar-refractivity contribution in [2.24, 2.45) is 11.8 Å². The van der Waals surface area contributed by atoms with Crippen molar-refractivity contribution >= 4 is 0 Å². The van der Waals surface area contributed by atoms with Crippen LogP contribution in [0.2, 0.25) is 0 Å². The summed E-state index contributed by atoms with van der Waals surface area (Å²) in [7, 11) is 0. The van der Waals surface area contributed by atoms with E-state index in [4.69, 9.17) is 0 Å². The van der Waals surface area contributed by atoms with E-state index in [0.717, 1.165) is 11.8 Å². The highest BCUT2D eigenvalue weighted by Gasteiger charge is 2.42. The third kappa shape index (κ3) is 1.90. The fourth-order valence-electron chi connectivity index (χ4n) is 3.14. The summed E-state index contributed by atoms with van der Waals surface area (Å²) >= 11 is 0. The first kappa shape index (κ1) is 9.65. The van der Waals surface area contributed by atoms with E-state index in [1.54, 1.807) is 11.1 Å². The normalized spacial score (nSPS) is 35.5. The van der Waals surface area contributed by atoms with Crippen molar-refractivity contribution in [3.8, 4) is 0 Å². The second kappa shape index (κ2) is 3.79. The third-order valence-corrected chi connectivity index (χ3v) is 4.27. The van der Waals surface area contributed by atoms with Crippen LogP contribution in [0, 0.1) is 11.8 Å². The Morgan fingerprint density at radius 1 is 1.13 bits per heavy atom. The van der Waals surface area contributed by atoms with Crippen molar-refractivity contribution in [3.05, 3.63) is 23.3 Å². The standard InChI is InChI=1S/C14H21N/c1-11-5-6-12(14-9-13(11)14)10-15-7-3-2-4-8-15/h5-6,13-14H,2-4,7-10H2,1H3. The fraction of sp³-hybridized carbons (Fsp3) is 0.714. The Hall–Kier alpha value is -0.560. The van der Waals surface area contributed by atoms with Gasteiger partial charge in [-0.05, 0) is 51.1 Å². The number of fused-ring (bicyclic) bond motifs is 1. The SMILES string of the molecule is CC1=CC=C(CN2CCCCC2)C2CC12. The van der Waals surface area contributed by atoms with Crippen LogP contribution in [0.4, 0.5) is 0 Å². The van der Waals surface area contributed by atoms with Gasteiger partial charge in [0.05, 0.1) is 0 Å². The van der Waals surface area contributed by atoms with Crippen molar-refractivity contribution < 1.29 is 0 Å². The molecule has 2 aliphatic carbocycles.